The van der Waals surface area contributed by atoms with Crippen LogP contribution < -0.4 is 10.1 Å². The van der Waals surface area contributed by atoms with Gasteiger partial charge in [-0.05, 0) is 18.6 Å². The molecular formula is C14H15NO4. The van der Waals surface area contributed by atoms with Crippen molar-refractivity contribution in [2.75, 3.05) is 11.9 Å². The standard InChI is InChI=1S/C14H15NO4/c1-2-6-19-10-5-3-4-9(7-10)15-13(16)11-8-12(11)14(17)18/h2-5,7,11-12H,1,6,8H2,(H,15,16)(H,17,18)/t11-,12-/m0/s1. The van der Waals surface area contributed by atoms with Crippen molar-refractivity contribution in [2.45, 2.75) is 6.42 Å². The van der Waals surface area contributed by atoms with Gasteiger partial charge in [0.25, 0.3) is 0 Å². The Kier molecular flexibility index (Phi) is 3.85. The minimum atomic E-state index is -0.914. The van der Waals surface area contributed by atoms with Gasteiger partial charge in [0.15, 0.2) is 0 Å². The predicted octanol–water partition coefficient (Wildman–Crippen LogP) is 1.91. The summed E-state index contributed by atoms with van der Waals surface area (Å²) in [6, 6.07) is 6.96. The van der Waals surface area contributed by atoms with Crippen molar-refractivity contribution in [1.82, 2.24) is 0 Å². The van der Waals surface area contributed by atoms with Gasteiger partial charge in [-0.2, -0.15) is 0 Å². The van der Waals surface area contributed by atoms with Crippen molar-refractivity contribution < 1.29 is 19.4 Å². The molecule has 0 saturated heterocycles. The third kappa shape index (κ3) is 3.34. The van der Waals surface area contributed by atoms with E-state index in [2.05, 4.69) is 11.9 Å². The van der Waals surface area contributed by atoms with E-state index in [-0.39, 0.29) is 5.91 Å². The predicted molar refractivity (Wildman–Crippen MR) is 70.0 cm³/mol. The van der Waals surface area contributed by atoms with Crippen LogP contribution in [0, 0.1) is 11.8 Å². The molecule has 1 fully saturated rings. The smallest absolute Gasteiger partial charge is 0.307 e. The van der Waals surface area contributed by atoms with Crippen LogP contribution in [0.5, 0.6) is 5.75 Å². The first-order valence-corrected chi connectivity index (χ1v) is 5.99. The molecule has 0 aliphatic heterocycles. The molecule has 2 N–H and O–H groups in total. The van der Waals surface area contributed by atoms with Gasteiger partial charge in [-0.1, -0.05) is 18.7 Å². The zero-order valence-corrected chi connectivity index (χ0v) is 10.3. The number of hydrogen-bond acceptors (Lipinski definition) is 3. The molecule has 2 atom stereocenters. The molecule has 2 rings (SSSR count). The zero-order chi connectivity index (χ0) is 13.8. The summed E-state index contributed by atoms with van der Waals surface area (Å²) in [5.74, 6) is -1.50. The van der Waals surface area contributed by atoms with Crippen LogP contribution in [0.4, 0.5) is 5.69 Å². The van der Waals surface area contributed by atoms with Gasteiger partial charge in [0.05, 0.1) is 11.8 Å². The molecule has 0 radical (unpaired) electrons. The number of carbonyl (C=O) groups excluding carboxylic acids is 1. The summed E-state index contributed by atoms with van der Waals surface area (Å²) in [6.45, 7) is 3.94. The Morgan fingerprint density at radius 3 is 2.89 bits per heavy atom. The number of carbonyl (C=O) groups is 2. The maximum absolute atomic E-state index is 11.8. The van der Waals surface area contributed by atoms with Gasteiger partial charge in [0, 0.05) is 11.8 Å². The maximum atomic E-state index is 11.8. The van der Waals surface area contributed by atoms with Crippen LogP contribution in [0.1, 0.15) is 6.42 Å². The first kappa shape index (κ1) is 13.1. The lowest BCUT2D eigenvalue weighted by Crippen LogP contribution is -2.16. The minimum Gasteiger partial charge on any atom is -0.489 e. The van der Waals surface area contributed by atoms with Crippen LogP contribution in [0.25, 0.3) is 0 Å². The van der Waals surface area contributed by atoms with Gasteiger partial charge in [-0.25, -0.2) is 0 Å². The highest BCUT2D eigenvalue weighted by Gasteiger charge is 2.48. The van der Waals surface area contributed by atoms with E-state index in [0.717, 1.165) is 0 Å². The Morgan fingerprint density at radius 2 is 2.26 bits per heavy atom. The Labute approximate surface area is 110 Å². The van der Waals surface area contributed by atoms with Crippen molar-refractivity contribution in [3.05, 3.63) is 36.9 Å². The fourth-order valence-electron chi connectivity index (χ4n) is 1.81. The number of hydrogen-bond donors (Lipinski definition) is 2. The van der Waals surface area contributed by atoms with E-state index in [0.29, 0.717) is 24.5 Å². The third-order valence-corrected chi connectivity index (χ3v) is 2.91. The summed E-state index contributed by atoms with van der Waals surface area (Å²) in [5, 5.41) is 11.5. The summed E-state index contributed by atoms with van der Waals surface area (Å²) >= 11 is 0. The molecule has 1 aromatic carbocycles. The second kappa shape index (κ2) is 5.56. The second-order valence-corrected chi connectivity index (χ2v) is 4.40. The fourth-order valence-corrected chi connectivity index (χ4v) is 1.81. The molecule has 1 aliphatic carbocycles. The molecule has 0 heterocycles. The highest BCUT2D eigenvalue weighted by atomic mass is 16.5. The highest BCUT2D eigenvalue weighted by Crippen LogP contribution is 2.39. The fraction of sp³-hybridized carbons (Fsp3) is 0.286. The average molecular weight is 261 g/mol. The van der Waals surface area contributed by atoms with Gasteiger partial charge in [-0.15, -0.1) is 0 Å². The second-order valence-electron chi connectivity index (χ2n) is 4.40. The number of carboxylic acid groups (broad SMARTS) is 1. The normalized spacial score (nSPS) is 20.4. The Balaban J connectivity index is 1.94. The molecule has 19 heavy (non-hydrogen) atoms. The number of benzene rings is 1. The molecule has 1 amide bonds. The Morgan fingerprint density at radius 1 is 1.47 bits per heavy atom. The summed E-state index contributed by atoms with van der Waals surface area (Å²) in [7, 11) is 0. The molecule has 1 aromatic rings. The zero-order valence-electron chi connectivity index (χ0n) is 10.3. The first-order chi connectivity index (χ1) is 9.11. The molecule has 100 valence electrons. The third-order valence-electron chi connectivity index (χ3n) is 2.91. The van der Waals surface area contributed by atoms with Crippen LogP contribution in [0.15, 0.2) is 36.9 Å². The van der Waals surface area contributed by atoms with Crippen molar-refractivity contribution in [1.29, 1.82) is 0 Å². The van der Waals surface area contributed by atoms with Crippen LogP contribution >= 0.6 is 0 Å². The van der Waals surface area contributed by atoms with Gasteiger partial charge in [0.2, 0.25) is 5.91 Å². The van der Waals surface area contributed by atoms with E-state index in [9.17, 15) is 9.59 Å². The van der Waals surface area contributed by atoms with E-state index in [4.69, 9.17) is 9.84 Å². The monoisotopic (exact) mass is 261 g/mol. The lowest BCUT2D eigenvalue weighted by Gasteiger charge is -2.07. The number of anilines is 1. The number of aliphatic carboxylic acids is 1. The van der Waals surface area contributed by atoms with Gasteiger partial charge in [0.1, 0.15) is 12.4 Å². The summed E-state index contributed by atoms with van der Waals surface area (Å²) in [6.07, 6.45) is 2.04. The van der Waals surface area contributed by atoms with E-state index in [1.807, 2.05) is 0 Å². The van der Waals surface area contributed by atoms with Crippen LogP contribution in [-0.4, -0.2) is 23.6 Å². The van der Waals surface area contributed by atoms with Crippen molar-refractivity contribution in [3.8, 4) is 5.75 Å². The molecule has 0 bridgehead atoms. The van der Waals surface area contributed by atoms with E-state index >= 15 is 0 Å². The maximum Gasteiger partial charge on any atom is 0.307 e. The molecule has 5 heteroatoms. The Hall–Kier alpha value is -2.30. The van der Waals surface area contributed by atoms with E-state index in [1.165, 1.54) is 0 Å². The van der Waals surface area contributed by atoms with Crippen molar-refractivity contribution in [3.63, 3.8) is 0 Å². The quantitative estimate of drug-likeness (QED) is 0.767. The van der Waals surface area contributed by atoms with Crippen LogP contribution in [0.3, 0.4) is 0 Å². The molecule has 1 saturated carbocycles. The number of amides is 1. The molecule has 0 unspecified atom stereocenters. The molecule has 5 nitrogen and oxygen atoms in total. The minimum absolute atomic E-state index is 0.256. The SMILES string of the molecule is C=CCOc1cccc(NC(=O)[C@H]2C[C@@H]2C(=O)O)c1. The number of nitrogens with one attached hydrogen (secondary N) is 1. The molecule has 1 aliphatic rings. The van der Waals surface area contributed by atoms with Gasteiger partial charge in [-0.3, -0.25) is 9.59 Å². The van der Waals surface area contributed by atoms with Gasteiger partial charge < -0.3 is 15.2 Å². The van der Waals surface area contributed by atoms with Crippen molar-refractivity contribution in [2.24, 2.45) is 11.8 Å². The first-order valence-electron chi connectivity index (χ1n) is 5.99. The topological polar surface area (TPSA) is 75.6 Å². The number of carboxylic acids is 1. The summed E-state index contributed by atoms with van der Waals surface area (Å²) < 4.78 is 5.35. The summed E-state index contributed by atoms with van der Waals surface area (Å²) in [5.41, 5.74) is 0.600. The largest absolute Gasteiger partial charge is 0.489 e. The molecular weight excluding hydrogens is 246 g/mol. The van der Waals surface area contributed by atoms with E-state index < -0.39 is 17.8 Å². The molecule has 0 aromatic heterocycles. The van der Waals surface area contributed by atoms with Crippen LogP contribution in [0.2, 0.25) is 0 Å². The lowest BCUT2D eigenvalue weighted by molar-refractivity contribution is -0.139. The van der Waals surface area contributed by atoms with E-state index in [1.54, 1.807) is 30.3 Å². The summed E-state index contributed by atoms with van der Waals surface area (Å²) in [4.78, 5) is 22.5. The lowest BCUT2D eigenvalue weighted by atomic mass is 10.2. The molecule has 0 spiro atoms. The van der Waals surface area contributed by atoms with Crippen LogP contribution in [-0.2, 0) is 9.59 Å². The number of ether oxygens (including phenoxy) is 1. The highest BCUT2D eigenvalue weighted by molar-refractivity contribution is 5.98. The Bertz CT molecular complexity index is 512. The average Bonchev–Trinajstić information content (AvgIpc) is 3.17. The van der Waals surface area contributed by atoms with Gasteiger partial charge >= 0.3 is 5.97 Å². The number of rotatable bonds is 6. The van der Waals surface area contributed by atoms with Crippen molar-refractivity contribution >= 4 is 17.6 Å².